The number of carbonyl (C=O) groups is 2. The maximum absolute atomic E-state index is 11.9. The minimum absolute atomic E-state index is 0.131. The Morgan fingerprint density at radius 2 is 1.92 bits per heavy atom. The highest BCUT2D eigenvalue weighted by Crippen LogP contribution is 2.27. The number of benzene rings is 2. The van der Waals surface area contributed by atoms with Crippen molar-refractivity contribution in [2.45, 2.75) is 11.8 Å². The molecule has 132 valence electrons. The number of rotatable bonds is 9. The average molecular weight is 359 g/mol. The van der Waals surface area contributed by atoms with Gasteiger partial charge in [-0.2, -0.15) is 0 Å². The summed E-state index contributed by atoms with van der Waals surface area (Å²) in [6, 6.07) is 13.1. The lowest BCUT2D eigenvalue weighted by Gasteiger charge is -2.11. The van der Waals surface area contributed by atoms with Crippen LogP contribution >= 0.6 is 11.8 Å². The van der Waals surface area contributed by atoms with Gasteiger partial charge in [0.1, 0.15) is 6.29 Å². The summed E-state index contributed by atoms with van der Waals surface area (Å²) in [5.74, 6) is 1.41. The number of nitrogens with one attached hydrogen (secondary N) is 1. The molecule has 5 nitrogen and oxygen atoms in total. The molecule has 0 unspecified atom stereocenters. The molecular weight excluding hydrogens is 338 g/mol. The van der Waals surface area contributed by atoms with Crippen LogP contribution in [0.4, 0.5) is 0 Å². The summed E-state index contributed by atoms with van der Waals surface area (Å²) in [6.45, 7) is 2.47. The maximum atomic E-state index is 11.9. The quantitative estimate of drug-likeness (QED) is 0.423. The van der Waals surface area contributed by atoms with Crippen molar-refractivity contribution in [3.05, 3.63) is 53.6 Å². The van der Waals surface area contributed by atoms with Crippen LogP contribution in [0.1, 0.15) is 15.9 Å². The summed E-state index contributed by atoms with van der Waals surface area (Å²) in [4.78, 5) is 23.9. The van der Waals surface area contributed by atoms with E-state index in [2.05, 4.69) is 36.5 Å². The molecule has 25 heavy (non-hydrogen) atoms. The van der Waals surface area contributed by atoms with Gasteiger partial charge in [0, 0.05) is 22.8 Å². The largest absolute Gasteiger partial charge is 0.493 e. The van der Waals surface area contributed by atoms with Gasteiger partial charge in [0.2, 0.25) is 0 Å². The highest BCUT2D eigenvalue weighted by atomic mass is 32.2. The van der Waals surface area contributed by atoms with Gasteiger partial charge < -0.3 is 14.8 Å². The molecule has 0 aliphatic rings. The zero-order valence-electron chi connectivity index (χ0n) is 14.3. The van der Waals surface area contributed by atoms with E-state index in [4.69, 9.17) is 9.47 Å². The lowest BCUT2D eigenvalue weighted by molar-refractivity contribution is -0.122. The first-order valence-electron chi connectivity index (χ1n) is 7.84. The van der Waals surface area contributed by atoms with Crippen molar-refractivity contribution in [1.82, 2.24) is 5.32 Å². The lowest BCUT2D eigenvalue weighted by atomic mass is 10.2. The van der Waals surface area contributed by atoms with Crippen LogP contribution in [0, 0.1) is 6.92 Å². The van der Waals surface area contributed by atoms with Crippen molar-refractivity contribution in [2.24, 2.45) is 0 Å². The Balaban J connectivity index is 1.73. The van der Waals surface area contributed by atoms with Gasteiger partial charge in [0.05, 0.1) is 7.11 Å². The molecule has 0 spiro atoms. The van der Waals surface area contributed by atoms with Gasteiger partial charge in [-0.1, -0.05) is 17.7 Å². The molecule has 6 heteroatoms. The minimum Gasteiger partial charge on any atom is -0.493 e. The van der Waals surface area contributed by atoms with E-state index in [1.165, 1.54) is 17.6 Å². The van der Waals surface area contributed by atoms with Crippen LogP contribution in [0.25, 0.3) is 0 Å². The maximum Gasteiger partial charge on any atom is 0.257 e. The number of amides is 1. The standard InChI is InChI=1S/C19H21NO4S/c1-14-3-6-16(7-4-14)25-10-9-20-19(22)13-24-18-11-15(12-21)5-8-17(18)23-2/h3-8,11-12H,9-10,13H2,1-2H3,(H,20,22). The predicted molar refractivity (Wildman–Crippen MR) is 98.8 cm³/mol. The molecule has 2 aromatic carbocycles. The number of carbonyl (C=O) groups excluding carboxylic acids is 2. The zero-order valence-corrected chi connectivity index (χ0v) is 15.1. The molecule has 0 aliphatic carbocycles. The van der Waals surface area contributed by atoms with E-state index in [1.807, 2.05) is 0 Å². The zero-order chi connectivity index (χ0) is 18.1. The Morgan fingerprint density at radius 1 is 1.16 bits per heavy atom. The van der Waals surface area contributed by atoms with E-state index < -0.39 is 0 Å². The van der Waals surface area contributed by atoms with Gasteiger partial charge in [0.15, 0.2) is 18.1 Å². The fourth-order valence-corrected chi connectivity index (χ4v) is 2.84. The van der Waals surface area contributed by atoms with Gasteiger partial charge >= 0.3 is 0 Å². The summed E-state index contributed by atoms with van der Waals surface area (Å²) in [5, 5.41) is 2.81. The molecule has 0 bridgehead atoms. The second-order valence-corrected chi connectivity index (χ2v) is 6.50. The van der Waals surface area contributed by atoms with Crippen LogP contribution < -0.4 is 14.8 Å². The molecule has 0 aromatic heterocycles. The van der Waals surface area contributed by atoms with Crippen molar-refractivity contribution in [3.63, 3.8) is 0 Å². The molecule has 0 fully saturated rings. The molecule has 0 aliphatic heterocycles. The molecule has 0 atom stereocenters. The number of ether oxygens (including phenoxy) is 2. The SMILES string of the molecule is COc1ccc(C=O)cc1OCC(=O)NCCSc1ccc(C)cc1. The van der Waals surface area contributed by atoms with Crippen LogP contribution in [0.2, 0.25) is 0 Å². The molecule has 0 saturated heterocycles. The second-order valence-electron chi connectivity index (χ2n) is 5.33. The Morgan fingerprint density at radius 3 is 2.60 bits per heavy atom. The Hall–Kier alpha value is -2.47. The second kappa shape index (κ2) is 9.74. The van der Waals surface area contributed by atoms with Gasteiger partial charge in [-0.3, -0.25) is 9.59 Å². The Labute approximate surface area is 151 Å². The first-order valence-corrected chi connectivity index (χ1v) is 8.83. The summed E-state index contributed by atoms with van der Waals surface area (Å²) < 4.78 is 10.6. The number of methoxy groups -OCH3 is 1. The van der Waals surface area contributed by atoms with Crippen LogP contribution in [0.15, 0.2) is 47.4 Å². The Kier molecular flexibility index (Phi) is 7.35. The normalized spacial score (nSPS) is 10.2. The highest BCUT2D eigenvalue weighted by molar-refractivity contribution is 7.99. The lowest BCUT2D eigenvalue weighted by Crippen LogP contribution is -2.30. The summed E-state index contributed by atoms with van der Waals surface area (Å²) in [7, 11) is 1.51. The van der Waals surface area contributed by atoms with Crippen molar-refractivity contribution in [1.29, 1.82) is 0 Å². The number of aryl methyl sites for hydroxylation is 1. The van der Waals surface area contributed by atoms with E-state index in [0.717, 1.165) is 5.75 Å². The van der Waals surface area contributed by atoms with E-state index in [-0.39, 0.29) is 12.5 Å². The van der Waals surface area contributed by atoms with Crippen LogP contribution in [0.3, 0.4) is 0 Å². The molecule has 0 saturated carbocycles. The number of aldehydes is 1. The van der Waals surface area contributed by atoms with Crippen molar-refractivity contribution in [2.75, 3.05) is 26.0 Å². The molecule has 0 heterocycles. The van der Waals surface area contributed by atoms with Gasteiger partial charge in [-0.05, 0) is 37.3 Å². The van der Waals surface area contributed by atoms with Crippen LogP contribution in [0.5, 0.6) is 11.5 Å². The fraction of sp³-hybridized carbons (Fsp3) is 0.263. The third kappa shape index (κ3) is 6.15. The molecule has 1 amide bonds. The summed E-state index contributed by atoms with van der Waals surface area (Å²) in [6.07, 6.45) is 0.717. The first-order chi connectivity index (χ1) is 12.1. The molecule has 2 rings (SSSR count). The summed E-state index contributed by atoms with van der Waals surface area (Å²) >= 11 is 1.68. The van der Waals surface area contributed by atoms with E-state index >= 15 is 0 Å². The highest BCUT2D eigenvalue weighted by Gasteiger charge is 2.08. The monoisotopic (exact) mass is 359 g/mol. The van der Waals surface area contributed by atoms with Gasteiger partial charge in [0.25, 0.3) is 5.91 Å². The molecule has 2 aromatic rings. The number of hydrogen-bond acceptors (Lipinski definition) is 5. The molecular formula is C19H21NO4S. The fourth-order valence-electron chi connectivity index (χ4n) is 2.07. The van der Waals surface area contributed by atoms with Gasteiger partial charge in [-0.25, -0.2) is 0 Å². The smallest absolute Gasteiger partial charge is 0.257 e. The third-order valence-electron chi connectivity index (χ3n) is 3.40. The van der Waals surface area contributed by atoms with Gasteiger partial charge in [-0.15, -0.1) is 11.8 Å². The van der Waals surface area contributed by atoms with E-state index in [0.29, 0.717) is 29.9 Å². The van der Waals surface area contributed by atoms with Crippen LogP contribution in [-0.4, -0.2) is 38.2 Å². The van der Waals surface area contributed by atoms with Crippen LogP contribution in [-0.2, 0) is 4.79 Å². The van der Waals surface area contributed by atoms with E-state index in [1.54, 1.807) is 30.0 Å². The predicted octanol–water partition coefficient (Wildman–Crippen LogP) is 3.10. The molecule has 0 radical (unpaired) electrons. The van der Waals surface area contributed by atoms with Crippen molar-refractivity contribution < 1.29 is 19.1 Å². The Bertz CT molecular complexity index is 716. The van der Waals surface area contributed by atoms with Crippen molar-refractivity contribution >= 4 is 24.0 Å². The number of hydrogen-bond donors (Lipinski definition) is 1. The molecule has 1 N–H and O–H groups in total. The topological polar surface area (TPSA) is 64.6 Å². The van der Waals surface area contributed by atoms with Crippen molar-refractivity contribution in [3.8, 4) is 11.5 Å². The minimum atomic E-state index is -0.219. The first kappa shape index (κ1) is 18.9. The van der Waals surface area contributed by atoms with E-state index in [9.17, 15) is 9.59 Å². The number of thioether (sulfide) groups is 1. The third-order valence-corrected chi connectivity index (χ3v) is 4.41. The average Bonchev–Trinajstić information content (AvgIpc) is 2.64. The summed E-state index contributed by atoms with van der Waals surface area (Å²) in [5.41, 5.74) is 1.69.